The summed E-state index contributed by atoms with van der Waals surface area (Å²) in [5, 5.41) is 18.1. The number of aromatic nitrogens is 6. The maximum absolute atomic E-state index is 9.31. The molecule has 5 heterocycles. The monoisotopic (exact) mass is 373 g/mol. The number of anilines is 1. The molecule has 9 heteroatoms. The molecule has 0 spiro atoms. The van der Waals surface area contributed by atoms with E-state index in [2.05, 4.69) is 41.1 Å². The van der Waals surface area contributed by atoms with Gasteiger partial charge in [0.1, 0.15) is 11.8 Å². The normalized spacial score (nSPS) is 22.0. The molecular weight excluding hydrogens is 354 g/mol. The first kappa shape index (κ1) is 16.8. The Kier molecular flexibility index (Phi) is 4.18. The van der Waals surface area contributed by atoms with Gasteiger partial charge in [0.05, 0.1) is 17.9 Å². The van der Waals surface area contributed by atoms with E-state index in [4.69, 9.17) is 0 Å². The highest BCUT2D eigenvalue weighted by Crippen LogP contribution is 2.37. The van der Waals surface area contributed by atoms with Crippen molar-refractivity contribution < 1.29 is 0 Å². The van der Waals surface area contributed by atoms with E-state index in [1.807, 2.05) is 18.3 Å². The minimum atomic E-state index is 0.278. The first-order chi connectivity index (χ1) is 13.8. The molecule has 9 nitrogen and oxygen atoms in total. The van der Waals surface area contributed by atoms with Gasteiger partial charge in [0.2, 0.25) is 0 Å². The summed E-state index contributed by atoms with van der Waals surface area (Å²) < 4.78 is 1.80. The molecule has 0 unspecified atom stereocenters. The van der Waals surface area contributed by atoms with Gasteiger partial charge in [-0.1, -0.05) is 5.21 Å². The predicted octanol–water partition coefficient (Wildman–Crippen LogP) is 1.35. The summed E-state index contributed by atoms with van der Waals surface area (Å²) in [6.07, 6.45) is 10.9. The molecule has 0 N–H and O–H groups in total. The number of fused-ring (bicyclic) bond motifs is 1. The molecule has 0 aliphatic carbocycles. The lowest BCUT2D eigenvalue weighted by atomic mass is 10.1. The fourth-order valence-electron chi connectivity index (χ4n) is 4.26. The third-order valence-electron chi connectivity index (χ3n) is 5.57. The molecule has 140 valence electrons. The second-order valence-electron chi connectivity index (χ2n) is 7.06. The smallest absolute Gasteiger partial charge is 0.183 e. The van der Waals surface area contributed by atoms with Gasteiger partial charge in [-0.05, 0) is 25.0 Å². The molecule has 28 heavy (non-hydrogen) atoms. The third-order valence-corrected chi connectivity index (χ3v) is 5.57. The molecule has 2 atom stereocenters. The van der Waals surface area contributed by atoms with Gasteiger partial charge in [-0.15, -0.1) is 5.10 Å². The molecule has 3 aromatic rings. The lowest BCUT2D eigenvalue weighted by Gasteiger charge is -2.40. The zero-order chi connectivity index (χ0) is 18.9. The minimum Gasteiger partial charge on any atom is -0.351 e. The maximum atomic E-state index is 9.31. The molecule has 0 saturated carbocycles. The van der Waals surface area contributed by atoms with Crippen molar-refractivity contribution in [1.29, 1.82) is 5.26 Å². The largest absolute Gasteiger partial charge is 0.351 e. The molecule has 0 radical (unpaired) electrons. The van der Waals surface area contributed by atoms with Crippen LogP contribution in [0.25, 0.3) is 5.69 Å². The van der Waals surface area contributed by atoms with Crippen LogP contribution in [0.2, 0.25) is 0 Å². The van der Waals surface area contributed by atoms with Gasteiger partial charge in [0.25, 0.3) is 0 Å². The van der Waals surface area contributed by atoms with Crippen molar-refractivity contribution in [3.63, 3.8) is 0 Å². The number of hydrogen-bond donors (Lipinski definition) is 0. The summed E-state index contributed by atoms with van der Waals surface area (Å²) in [6, 6.07) is 6.68. The number of pyridine rings is 1. The summed E-state index contributed by atoms with van der Waals surface area (Å²) in [5.41, 5.74) is 2.36. The topological polar surface area (TPSA) is 99.7 Å². The molecule has 2 fully saturated rings. The van der Waals surface area contributed by atoms with Crippen LogP contribution >= 0.6 is 0 Å². The Balaban J connectivity index is 1.33. The molecule has 2 aliphatic rings. The van der Waals surface area contributed by atoms with Crippen LogP contribution in [0.4, 0.5) is 5.82 Å². The number of piperazine rings is 1. The fraction of sp³-hybridized carbons (Fsp3) is 0.368. The van der Waals surface area contributed by atoms with Crippen LogP contribution in [0.3, 0.4) is 0 Å². The Bertz CT molecular complexity index is 1010. The van der Waals surface area contributed by atoms with Crippen LogP contribution in [0.15, 0.2) is 43.1 Å². The van der Waals surface area contributed by atoms with Crippen LogP contribution in [-0.4, -0.2) is 60.5 Å². The number of nitrogens with zero attached hydrogens (tertiary/aromatic N) is 9. The molecular formula is C19H19N9. The van der Waals surface area contributed by atoms with Crippen molar-refractivity contribution in [2.24, 2.45) is 0 Å². The Hall–Kier alpha value is -3.38. The van der Waals surface area contributed by atoms with Crippen molar-refractivity contribution in [3.8, 4) is 11.8 Å². The first-order valence-corrected chi connectivity index (χ1v) is 9.38. The second kappa shape index (κ2) is 6.98. The average molecular weight is 373 g/mol. The van der Waals surface area contributed by atoms with E-state index in [-0.39, 0.29) is 6.04 Å². The fourth-order valence-corrected chi connectivity index (χ4v) is 4.26. The maximum Gasteiger partial charge on any atom is 0.183 e. The second-order valence-corrected chi connectivity index (χ2v) is 7.06. The number of hydrogen-bond acceptors (Lipinski definition) is 8. The van der Waals surface area contributed by atoms with E-state index in [0.29, 0.717) is 17.6 Å². The van der Waals surface area contributed by atoms with Crippen LogP contribution in [-0.2, 0) is 0 Å². The highest BCUT2D eigenvalue weighted by atomic mass is 15.4. The zero-order valence-corrected chi connectivity index (χ0v) is 15.3. The van der Waals surface area contributed by atoms with Crippen molar-refractivity contribution in [3.05, 3.63) is 54.5 Å². The van der Waals surface area contributed by atoms with E-state index in [0.717, 1.165) is 43.9 Å². The summed E-state index contributed by atoms with van der Waals surface area (Å²) in [7, 11) is 0. The quantitative estimate of drug-likeness (QED) is 0.678. The SMILES string of the molecule is N#Cc1nccnc1N1CCN2[C@H](CC[C@H]2c2cn(-c3ccncc3)nn2)C1. The third kappa shape index (κ3) is 2.88. The molecule has 5 rings (SSSR count). The number of nitriles is 1. The predicted molar refractivity (Wildman–Crippen MR) is 101 cm³/mol. The Morgan fingerprint density at radius 2 is 1.89 bits per heavy atom. The highest BCUT2D eigenvalue weighted by Gasteiger charge is 2.40. The van der Waals surface area contributed by atoms with Gasteiger partial charge in [-0.3, -0.25) is 9.88 Å². The van der Waals surface area contributed by atoms with Gasteiger partial charge >= 0.3 is 0 Å². The average Bonchev–Trinajstić information content (AvgIpc) is 3.41. The highest BCUT2D eigenvalue weighted by molar-refractivity contribution is 5.50. The summed E-state index contributed by atoms with van der Waals surface area (Å²) in [4.78, 5) is 17.3. The zero-order valence-electron chi connectivity index (χ0n) is 15.3. The Morgan fingerprint density at radius 3 is 2.75 bits per heavy atom. The van der Waals surface area contributed by atoms with E-state index in [1.165, 1.54) is 0 Å². The standard InChI is InChI=1S/C19H19N9/c20-11-16-19(23-8-7-22-16)26-9-10-27-15(12-26)1-2-18(27)17-13-28(25-24-17)14-3-5-21-6-4-14/h3-8,13,15,18H,1-2,9-10,12H2/t15-,18+/m1/s1. The van der Waals surface area contributed by atoms with Crippen molar-refractivity contribution in [2.75, 3.05) is 24.5 Å². The summed E-state index contributed by atoms with van der Waals surface area (Å²) in [5.74, 6) is 0.691. The van der Waals surface area contributed by atoms with Crippen LogP contribution in [0.1, 0.15) is 30.3 Å². The van der Waals surface area contributed by atoms with Crippen molar-refractivity contribution >= 4 is 5.82 Å². The molecule has 3 aromatic heterocycles. The van der Waals surface area contributed by atoms with Crippen molar-refractivity contribution in [2.45, 2.75) is 24.9 Å². The van der Waals surface area contributed by atoms with Gasteiger partial charge in [-0.25, -0.2) is 14.6 Å². The van der Waals surface area contributed by atoms with Gasteiger partial charge in [0, 0.05) is 50.5 Å². The van der Waals surface area contributed by atoms with Gasteiger partial charge < -0.3 is 4.90 Å². The van der Waals surface area contributed by atoms with Crippen LogP contribution in [0, 0.1) is 11.3 Å². The molecule has 0 aromatic carbocycles. The molecule has 0 bridgehead atoms. The van der Waals surface area contributed by atoms with Gasteiger partial charge in [0.15, 0.2) is 11.5 Å². The van der Waals surface area contributed by atoms with E-state index in [1.54, 1.807) is 29.5 Å². The Morgan fingerprint density at radius 1 is 1.04 bits per heavy atom. The first-order valence-electron chi connectivity index (χ1n) is 9.38. The summed E-state index contributed by atoms with van der Waals surface area (Å²) in [6.45, 7) is 2.57. The van der Waals surface area contributed by atoms with Gasteiger partial charge in [-0.2, -0.15) is 5.26 Å². The molecule has 2 saturated heterocycles. The van der Waals surface area contributed by atoms with Crippen LogP contribution < -0.4 is 4.90 Å². The molecule has 2 aliphatic heterocycles. The lowest BCUT2D eigenvalue weighted by Crippen LogP contribution is -2.51. The van der Waals surface area contributed by atoms with E-state index >= 15 is 0 Å². The summed E-state index contributed by atoms with van der Waals surface area (Å²) >= 11 is 0. The number of rotatable bonds is 3. The van der Waals surface area contributed by atoms with Crippen LogP contribution in [0.5, 0.6) is 0 Å². The Labute approximate surface area is 162 Å². The lowest BCUT2D eigenvalue weighted by molar-refractivity contribution is 0.173. The van der Waals surface area contributed by atoms with Crippen molar-refractivity contribution in [1.82, 2.24) is 34.8 Å². The molecule has 0 amide bonds. The van der Waals surface area contributed by atoms with E-state index in [9.17, 15) is 5.26 Å². The minimum absolute atomic E-state index is 0.278. The van der Waals surface area contributed by atoms with E-state index < -0.39 is 0 Å².